The number of rotatable bonds is 5. The summed E-state index contributed by atoms with van der Waals surface area (Å²) in [6.07, 6.45) is 3.83. The minimum Gasteiger partial charge on any atom is -0.489 e. The number of aryl methyl sites for hydroxylation is 1. The fraction of sp³-hybridized carbons (Fsp3) is 0.111. The molecule has 0 unspecified atom stereocenters. The van der Waals surface area contributed by atoms with Crippen molar-refractivity contribution in [3.63, 3.8) is 0 Å². The summed E-state index contributed by atoms with van der Waals surface area (Å²) in [5, 5.41) is 4.49. The third-order valence-corrected chi connectivity index (χ3v) is 10.0. The number of hydrogen-bond donors (Lipinski definition) is 0. The third kappa shape index (κ3) is 4.35. The summed E-state index contributed by atoms with van der Waals surface area (Å²) >= 11 is 3.16. The van der Waals surface area contributed by atoms with E-state index in [0.29, 0.717) is 11.1 Å². The molecule has 1 aliphatic heterocycles. The lowest BCUT2D eigenvalue weighted by molar-refractivity contribution is 0.307. The van der Waals surface area contributed by atoms with Crippen LogP contribution in [0.15, 0.2) is 124 Å². The SMILES string of the molecule is O=c1/c(=C/c2cccc(OCc3cccc4ccccc34)c2)sc2n1[C@@H](c1cccs1)C1=C(N=2)c2ccccc2CC1. The monoisotopic (exact) mass is 582 g/mol. The number of ether oxygens (including phenoxy) is 1. The van der Waals surface area contributed by atoms with Crippen molar-refractivity contribution >= 4 is 45.2 Å². The summed E-state index contributed by atoms with van der Waals surface area (Å²) in [5.41, 5.74) is 6.86. The first kappa shape index (κ1) is 25.2. The zero-order valence-electron chi connectivity index (χ0n) is 22.7. The zero-order valence-corrected chi connectivity index (χ0v) is 24.3. The van der Waals surface area contributed by atoms with Crippen LogP contribution >= 0.6 is 22.7 Å². The minimum absolute atomic E-state index is 0.00429. The minimum atomic E-state index is -0.123. The molecule has 0 spiro atoms. The fourth-order valence-corrected chi connectivity index (χ4v) is 7.99. The summed E-state index contributed by atoms with van der Waals surface area (Å²) < 4.78 is 8.82. The van der Waals surface area contributed by atoms with E-state index in [1.807, 2.05) is 34.9 Å². The molecule has 3 heterocycles. The summed E-state index contributed by atoms with van der Waals surface area (Å²) in [6, 6.07) is 35.2. The number of allylic oxidation sites excluding steroid dienone is 1. The maximum atomic E-state index is 14.0. The van der Waals surface area contributed by atoms with Crippen LogP contribution in [0, 0.1) is 0 Å². The Morgan fingerprint density at radius 1 is 0.905 bits per heavy atom. The van der Waals surface area contributed by atoms with Gasteiger partial charge in [-0.3, -0.25) is 9.36 Å². The molecule has 0 fully saturated rings. The van der Waals surface area contributed by atoms with Crippen LogP contribution in [0.4, 0.5) is 0 Å². The second-order valence-corrected chi connectivity index (χ2v) is 12.6. The largest absolute Gasteiger partial charge is 0.489 e. The Labute approximate surface area is 250 Å². The highest BCUT2D eigenvalue weighted by Crippen LogP contribution is 2.42. The number of thiazole rings is 1. The molecule has 0 bridgehead atoms. The second-order valence-electron chi connectivity index (χ2n) is 10.6. The summed E-state index contributed by atoms with van der Waals surface area (Å²) in [4.78, 5) is 21.0. The molecule has 0 N–H and O–H groups in total. The van der Waals surface area contributed by atoms with Crippen LogP contribution in [0.5, 0.6) is 5.75 Å². The van der Waals surface area contributed by atoms with Gasteiger partial charge in [0.25, 0.3) is 5.56 Å². The van der Waals surface area contributed by atoms with Crippen molar-refractivity contribution in [2.45, 2.75) is 25.5 Å². The Balaban J connectivity index is 1.18. The second kappa shape index (κ2) is 10.4. The first-order valence-electron chi connectivity index (χ1n) is 14.1. The van der Waals surface area contributed by atoms with Gasteiger partial charge in [-0.2, -0.15) is 0 Å². The highest BCUT2D eigenvalue weighted by molar-refractivity contribution is 7.10. The Kier molecular flexibility index (Phi) is 6.24. The summed E-state index contributed by atoms with van der Waals surface area (Å²) in [6.45, 7) is 0.473. The maximum absolute atomic E-state index is 14.0. The first-order valence-corrected chi connectivity index (χ1v) is 15.8. The van der Waals surface area contributed by atoms with Crippen molar-refractivity contribution in [1.82, 2.24) is 4.57 Å². The maximum Gasteiger partial charge on any atom is 0.271 e. The number of thiophene rings is 1. The molecule has 1 aliphatic carbocycles. The van der Waals surface area contributed by atoms with Crippen molar-refractivity contribution in [2.75, 3.05) is 0 Å². The van der Waals surface area contributed by atoms with E-state index in [2.05, 4.69) is 84.2 Å². The number of benzene rings is 4. The van der Waals surface area contributed by atoms with E-state index < -0.39 is 0 Å². The lowest BCUT2D eigenvalue weighted by Gasteiger charge is -2.30. The van der Waals surface area contributed by atoms with Gasteiger partial charge in [-0.05, 0) is 75.5 Å². The fourth-order valence-electron chi connectivity index (χ4n) is 6.14. The van der Waals surface area contributed by atoms with Crippen LogP contribution in [0.3, 0.4) is 0 Å². The van der Waals surface area contributed by atoms with E-state index in [0.717, 1.165) is 40.2 Å². The van der Waals surface area contributed by atoms with Gasteiger partial charge in [0.05, 0.1) is 16.3 Å². The molecule has 0 radical (unpaired) electrons. The first-order chi connectivity index (χ1) is 20.7. The number of fused-ring (bicyclic) bond motifs is 4. The van der Waals surface area contributed by atoms with Crippen LogP contribution in [0.1, 0.15) is 39.6 Å². The molecule has 204 valence electrons. The Morgan fingerprint density at radius 2 is 1.76 bits per heavy atom. The molecule has 6 aromatic rings. The Bertz CT molecular complexity index is 2180. The summed E-state index contributed by atoms with van der Waals surface area (Å²) in [5.74, 6) is 0.771. The van der Waals surface area contributed by atoms with Crippen molar-refractivity contribution in [3.05, 3.63) is 161 Å². The molecular formula is C36H26N2O2S2. The van der Waals surface area contributed by atoms with Crippen LogP contribution in [-0.4, -0.2) is 4.57 Å². The molecular weight excluding hydrogens is 557 g/mol. The third-order valence-electron chi connectivity index (χ3n) is 8.12. The molecule has 0 saturated carbocycles. The number of nitrogens with zero attached hydrogens (tertiary/aromatic N) is 2. The molecule has 42 heavy (non-hydrogen) atoms. The van der Waals surface area contributed by atoms with Crippen molar-refractivity contribution < 1.29 is 4.74 Å². The topological polar surface area (TPSA) is 43.6 Å². The van der Waals surface area contributed by atoms with Gasteiger partial charge in [0, 0.05) is 10.4 Å². The average Bonchev–Trinajstić information content (AvgIpc) is 3.67. The standard InChI is InChI=1S/C36H26N2O2S2/c39-35-32(21-23-8-5-13-27(20-23)40-22-26-12-6-11-24-9-1-3-14-28(24)26)42-36-37-33-29-15-4-2-10-25(29)17-18-30(33)34(38(35)36)31-16-7-19-41-31/h1-16,19-21,34H,17-18,22H2/b32-21-/t34-/m1/s1. The van der Waals surface area contributed by atoms with Crippen LogP contribution in [-0.2, 0) is 13.0 Å². The molecule has 1 atom stereocenters. The van der Waals surface area contributed by atoms with Crippen LogP contribution in [0.2, 0.25) is 0 Å². The quantitative estimate of drug-likeness (QED) is 0.217. The average molecular weight is 583 g/mol. The number of hydrogen-bond acceptors (Lipinski definition) is 5. The van der Waals surface area contributed by atoms with E-state index in [9.17, 15) is 4.79 Å². The molecule has 4 nitrogen and oxygen atoms in total. The Morgan fingerprint density at radius 3 is 2.69 bits per heavy atom. The highest BCUT2D eigenvalue weighted by Gasteiger charge is 2.33. The Hall–Kier alpha value is -4.52. The van der Waals surface area contributed by atoms with E-state index in [1.165, 1.54) is 43.7 Å². The van der Waals surface area contributed by atoms with Crippen LogP contribution in [0.25, 0.3) is 22.5 Å². The predicted octanol–water partition coefficient (Wildman–Crippen LogP) is 7.11. The lowest BCUT2D eigenvalue weighted by atomic mass is 9.85. The van der Waals surface area contributed by atoms with Gasteiger partial charge in [-0.25, -0.2) is 4.99 Å². The molecule has 2 aromatic heterocycles. The highest BCUT2D eigenvalue weighted by atomic mass is 32.1. The van der Waals surface area contributed by atoms with Crippen molar-refractivity contribution in [3.8, 4) is 5.75 Å². The lowest BCUT2D eigenvalue weighted by Crippen LogP contribution is -2.38. The van der Waals surface area contributed by atoms with Crippen molar-refractivity contribution in [2.24, 2.45) is 4.99 Å². The van der Waals surface area contributed by atoms with Crippen molar-refractivity contribution in [1.29, 1.82) is 0 Å². The molecule has 4 aromatic carbocycles. The molecule has 0 saturated heterocycles. The zero-order chi connectivity index (χ0) is 28.0. The molecule has 2 aliphatic rings. The van der Waals surface area contributed by atoms with Gasteiger partial charge in [-0.1, -0.05) is 96.3 Å². The smallest absolute Gasteiger partial charge is 0.271 e. The van der Waals surface area contributed by atoms with E-state index in [-0.39, 0.29) is 11.6 Å². The predicted molar refractivity (Wildman–Crippen MR) is 172 cm³/mol. The summed E-state index contributed by atoms with van der Waals surface area (Å²) in [7, 11) is 0. The van der Waals surface area contributed by atoms with Gasteiger partial charge in [0.1, 0.15) is 12.4 Å². The van der Waals surface area contributed by atoms with Gasteiger partial charge in [-0.15, -0.1) is 11.3 Å². The van der Waals surface area contributed by atoms with Gasteiger partial charge >= 0.3 is 0 Å². The van der Waals surface area contributed by atoms with Gasteiger partial charge in [0.2, 0.25) is 0 Å². The van der Waals surface area contributed by atoms with Crippen LogP contribution < -0.4 is 19.6 Å². The van der Waals surface area contributed by atoms with E-state index >= 15 is 0 Å². The number of aromatic nitrogens is 1. The van der Waals surface area contributed by atoms with Gasteiger partial charge in [0.15, 0.2) is 4.80 Å². The van der Waals surface area contributed by atoms with Gasteiger partial charge < -0.3 is 4.74 Å². The normalized spacial score (nSPS) is 16.1. The molecule has 8 rings (SSSR count). The molecule has 6 heteroatoms. The van der Waals surface area contributed by atoms with E-state index in [1.54, 1.807) is 11.3 Å². The molecule has 0 amide bonds. The van der Waals surface area contributed by atoms with E-state index in [4.69, 9.17) is 9.73 Å².